The molecule has 0 aromatic rings. The molecule has 0 amide bonds. The number of cyclic esters (lactones) is 1. The highest BCUT2D eigenvalue weighted by Gasteiger charge is 2.38. The molecule has 1 heterocycles. The van der Waals surface area contributed by atoms with Gasteiger partial charge < -0.3 is 25.2 Å². The Balaban J connectivity index is 2.80. The molecule has 0 bridgehead atoms. The Kier molecular flexibility index (Phi) is 2.20. The highest BCUT2D eigenvalue weighted by Crippen LogP contribution is 2.20. The van der Waals surface area contributed by atoms with Gasteiger partial charge in [0.2, 0.25) is 5.76 Å². The smallest absolute Gasteiger partial charge is 0.377 e. The first-order valence-corrected chi connectivity index (χ1v) is 3.20. The Labute approximate surface area is 67.3 Å². The zero-order valence-electron chi connectivity index (χ0n) is 5.97. The van der Waals surface area contributed by atoms with Crippen molar-refractivity contribution in [1.82, 2.24) is 0 Å². The van der Waals surface area contributed by atoms with Crippen LogP contribution in [0, 0.1) is 0 Å². The lowest BCUT2D eigenvalue weighted by molar-refractivity contribution is -0.147. The number of hydrogen-bond acceptors (Lipinski definition) is 6. The number of esters is 1. The molecule has 1 aliphatic heterocycles. The van der Waals surface area contributed by atoms with Crippen LogP contribution < -0.4 is 0 Å². The van der Waals surface area contributed by atoms with Crippen LogP contribution in [0.3, 0.4) is 0 Å². The highest BCUT2D eigenvalue weighted by atomic mass is 16.6. The first-order valence-electron chi connectivity index (χ1n) is 3.20. The van der Waals surface area contributed by atoms with Gasteiger partial charge in [0.1, 0.15) is 6.10 Å². The van der Waals surface area contributed by atoms with Crippen molar-refractivity contribution in [2.24, 2.45) is 0 Å². The fraction of sp³-hybridized carbons (Fsp3) is 0.500. The molecule has 0 fully saturated rings. The molecule has 1 unspecified atom stereocenters. The van der Waals surface area contributed by atoms with E-state index in [1.165, 1.54) is 0 Å². The number of carbonyl (C=O) groups excluding carboxylic acids is 1. The number of ether oxygens (including phenoxy) is 1. The summed E-state index contributed by atoms with van der Waals surface area (Å²) in [6.45, 7) is -0.671. The van der Waals surface area contributed by atoms with Crippen LogP contribution in [-0.2, 0) is 9.53 Å². The van der Waals surface area contributed by atoms with Crippen molar-refractivity contribution < 1.29 is 30.0 Å². The molecule has 4 N–H and O–H groups in total. The Morgan fingerprint density at radius 2 is 2.08 bits per heavy atom. The van der Waals surface area contributed by atoms with Crippen LogP contribution >= 0.6 is 0 Å². The number of hydrogen-bond donors (Lipinski definition) is 4. The summed E-state index contributed by atoms with van der Waals surface area (Å²) in [6, 6.07) is 0. The SMILES string of the molecule is O=C1O[C@H](C(O)[13CH2]O)C(O)=C1O. The second-order valence-corrected chi connectivity index (χ2v) is 2.31. The van der Waals surface area contributed by atoms with E-state index in [1.807, 2.05) is 0 Å². The standard InChI is InChI=1S/C6H8O6/c7-1-2(8)5-3(9)4(10)6(11)12-5/h2,5,7-10H,1H2/t2?,5-/m1/s1/i1+1. The maximum absolute atomic E-state index is 10.5. The Bertz CT molecular complexity index is 232. The van der Waals surface area contributed by atoms with Crippen LogP contribution in [0.4, 0.5) is 0 Å². The third-order valence-corrected chi connectivity index (χ3v) is 1.48. The van der Waals surface area contributed by atoms with Gasteiger partial charge in [-0.2, -0.15) is 0 Å². The second kappa shape index (κ2) is 3.00. The summed E-state index contributed by atoms with van der Waals surface area (Å²) in [4.78, 5) is 10.5. The molecule has 6 heteroatoms. The molecule has 1 rings (SSSR count). The second-order valence-electron chi connectivity index (χ2n) is 2.31. The van der Waals surface area contributed by atoms with E-state index in [-0.39, 0.29) is 0 Å². The summed E-state index contributed by atoms with van der Waals surface area (Å²) in [5, 5.41) is 35.0. The Morgan fingerprint density at radius 1 is 1.50 bits per heavy atom. The number of carbonyl (C=O) groups is 1. The van der Waals surface area contributed by atoms with Crippen LogP contribution in [0.25, 0.3) is 0 Å². The van der Waals surface area contributed by atoms with Gasteiger partial charge in [-0.05, 0) is 0 Å². The molecule has 0 aromatic heterocycles. The van der Waals surface area contributed by atoms with E-state index in [4.69, 9.17) is 20.4 Å². The third-order valence-electron chi connectivity index (χ3n) is 1.48. The van der Waals surface area contributed by atoms with Crippen molar-refractivity contribution in [2.45, 2.75) is 12.2 Å². The number of aliphatic hydroxyl groups excluding tert-OH is 4. The number of aliphatic hydroxyl groups is 4. The molecular formula is C6H8O6. The average Bonchev–Trinajstić information content (AvgIpc) is 2.32. The van der Waals surface area contributed by atoms with Crippen LogP contribution in [0.2, 0.25) is 0 Å². The molecule has 0 radical (unpaired) electrons. The van der Waals surface area contributed by atoms with Crippen molar-refractivity contribution in [3.05, 3.63) is 11.5 Å². The molecule has 68 valence electrons. The normalized spacial score (nSPS) is 25.8. The lowest BCUT2D eigenvalue weighted by atomic mass is 10.2. The van der Waals surface area contributed by atoms with Crippen molar-refractivity contribution in [2.75, 3.05) is 6.61 Å². The van der Waals surface area contributed by atoms with E-state index in [1.54, 1.807) is 0 Å². The van der Waals surface area contributed by atoms with Crippen molar-refractivity contribution in [1.29, 1.82) is 0 Å². The summed E-state index contributed by atoms with van der Waals surface area (Å²) in [5.74, 6) is -2.78. The summed E-state index contributed by atoms with van der Waals surface area (Å²) in [7, 11) is 0. The highest BCUT2D eigenvalue weighted by molar-refractivity contribution is 5.89. The van der Waals surface area contributed by atoms with Crippen LogP contribution in [0.5, 0.6) is 0 Å². The van der Waals surface area contributed by atoms with E-state index >= 15 is 0 Å². The lowest BCUT2D eigenvalue weighted by Crippen LogP contribution is -2.31. The molecule has 1 aliphatic rings. The van der Waals surface area contributed by atoms with Gasteiger partial charge >= 0.3 is 5.97 Å². The van der Waals surface area contributed by atoms with E-state index in [0.717, 1.165) is 0 Å². The Hall–Kier alpha value is -1.27. The predicted molar refractivity (Wildman–Crippen MR) is 35.3 cm³/mol. The van der Waals surface area contributed by atoms with Gasteiger partial charge in [0.05, 0.1) is 6.61 Å². The predicted octanol–water partition coefficient (Wildman–Crippen LogP) is -1.41. The van der Waals surface area contributed by atoms with E-state index in [9.17, 15) is 4.79 Å². The zero-order valence-corrected chi connectivity index (χ0v) is 5.97. The van der Waals surface area contributed by atoms with Gasteiger partial charge in [-0.25, -0.2) is 4.79 Å². The zero-order chi connectivity index (χ0) is 9.30. The molecule has 0 saturated carbocycles. The molecule has 0 saturated heterocycles. The quantitative estimate of drug-likeness (QED) is 0.305. The van der Waals surface area contributed by atoms with Gasteiger partial charge in [0.15, 0.2) is 11.9 Å². The topological polar surface area (TPSA) is 107 Å². The first-order chi connectivity index (χ1) is 5.57. The minimum absolute atomic E-state index is 0.671. The largest absolute Gasteiger partial charge is 0.505 e. The maximum Gasteiger partial charge on any atom is 0.377 e. The monoisotopic (exact) mass is 177 g/mol. The summed E-state index contributed by atoms with van der Waals surface area (Å²) >= 11 is 0. The fourth-order valence-corrected chi connectivity index (χ4v) is 0.823. The van der Waals surface area contributed by atoms with Gasteiger partial charge in [-0.1, -0.05) is 0 Å². The Morgan fingerprint density at radius 3 is 2.42 bits per heavy atom. The summed E-state index contributed by atoms with van der Waals surface area (Å²) < 4.78 is 4.32. The molecule has 6 nitrogen and oxygen atoms in total. The fourth-order valence-electron chi connectivity index (χ4n) is 0.823. The third kappa shape index (κ3) is 1.21. The average molecular weight is 177 g/mol. The van der Waals surface area contributed by atoms with Crippen molar-refractivity contribution >= 4 is 5.97 Å². The van der Waals surface area contributed by atoms with Gasteiger partial charge in [-0.3, -0.25) is 0 Å². The van der Waals surface area contributed by atoms with E-state index in [0.29, 0.717) is 0 Å². The first kappa shape index (κ1) is 8.82. The summed E-state index contributed by atoms with van der Waals surface area (Å²) in [6.07, 6.45) is -2.78. The lowest BCUT2D eigenvalue weighted by Gasteiger charge is -2.13. The summed E-state index contributed by atoms with van der Waals surface area (Å²) in [5.41, 5.74) is 0. The van der Waals surface area contributed by atoms with Crippen molar-refractivity contribution in [3.8, 4) is 0 Å². The minimum atomic E-state index is -1.42. The maximum atomic E-state index is 10.5. The van der Waals surface area contributed by atoms with Crippen LogP contribution in [0.15, 0.2) is 11.5 Å². The molecule has 12 heavy (non-hydrogen) atoms. The van der Waals surface area contributed by atoms with Gasteiger partial charge in [0, 0.05) is 0 Å². The van der Waals surface area contributed by atoms with E-state index < -0.39 is 36.3 Å². The minimum Gasteiger partial charge on any atom is -0.505 e. The van der Waals surface area contributed by atoms with Gasteiger partial charge in [-0.15, -0.1) is 0 Å². The number of rotatable bonds is 2. The van der Waals surface area contributed by atoms with Gasteiger partial charge in [0.25, 0.3) is 0 Å². The van der Waals surface area contributed by atoms with Crippen LogP contribution in [0.1, 0.15) is 0 Å². The molecule has 0 spiro atoms. The molecule has 2 atom stereocenters. The van der Waals surface area contributed by atoms with Crippen LogP contribution in [-0.4, -0.2) is 45.2 Å². The van der Waals surface area contributed by atoms with E-state index in [2.05, 4.69) is 4.74 Å². The molecular weight excluding hydrogens is 169 g/mol. The van der Waals surface area contributed by atoms with Crippen molar-refractivity contribution in [3.63, 3.8) is 0 Å². The molecule has 0 aromatic carbocycles. The molecule has 0 aliphatic carbocycles.